The van der Waals surface area contributed by atoms with Crippen LogP contribution in [0.25, 0.3) is 0 Å². The fraction of sp³-hybridized carbons (Fsp3) is 0.598. The zero-order valence-electron chi connectivity index (χ0n) is 85.7. The molecule has 5 saturated heterocycles. The predicted octanol–water partition coefficient (Wildman–Crippen LogP) is 26.4. The average molecular weight is 1850 g/mol. The van der Waals surface area contributed by atoms with Crippen LogP contribution in [0.3, 0.4) is 0 Å². The third-order valence-corrected chi connectivity index (χ3v) is 34.6. The maximum Gasteiger partial charge on any atom is 0.308 e. The normalized spacial score (nSPS) is 28.1. The van der Waals surface area contributed by atoms with Crippen molar-refractivity contribution in [2.24, 2.45) is 5.92 Å². The minimum absolute atomic E-state index is 0.000133. The summed E-state index contributed by atoms with van der Waals surface area (Å²) in [6, 6.07) is 75.5. The van der Waals surface area contributed by atoms with Gasteiger partial charge in [0, 0.05) is 70.7 Å². The molecule has 14 heteroatoms. The van der Waals surface area contributed by atoms with Crippen molar-refractivity contribution in [3.05, 3.63) is 255 Å². The molecule has 0 aromatic heterocycles. The third kappa shape index (κ3) is 31.5. The summed E-state index contributed by atoms with van der Waals surface area (Å²) in [6.07, 6.45) is 50.9. The van der Waals surface area contributed by atoms with E-state index in [0.717, 1.165) is 138 Å². The van der Waals surface area contributed by atoms with E-state index in [2.05, 4.69) is 217 Å². The van der Waals surface area contributed by atoms with Crippen LogP contribution in [0.5, 0.6) is 0 Å². The zero-order chi connectivity index (χ0) is 95.1. The minimum atomic E-state index is -0.000133. The van der Waals surface area contributed by atoms with Crippen LogP contribution < -0.4 is 28.7 Å². The van der Waals surface area contributed by atoms with Crippen LogP contribution in [0.2, 0.25) is 0 Å². The van der Waals surface area contributed by atoms with Crippen LogP contribution >= 0.6 is 0 Å². The van der Waals surface area contributed by atoms with Crippen molar-refractivity contribution in [3.63, 3.8) is 0 Å². The van der Waals surface area contributed by atoms with Crippen molar-refractivity contribution in [3.8, 4) is 0 Å². The number of carbonyl (C=O) groups is 1. The maximum absolute atomic E-state index is 11.7. The first-order valence-electron chi connectivity index (χ1n) is 54.8. The molecular weight excluding hydrogens is 1670 g/mol. The van der Waals surface area contributed by atoms with Crippen molar-refractivity contribution in [1.82, 2.24) is 34.3 Å². The van der Waals surface area contributed by atoms with E-state index in [1.165, 1.54) is 339 Å². The molecule has 0 amide bonds. The summed E-state index contributed by atoms with van der Waals surface area (Å²) in [5.41, 5.74) is 49.1. The standard InChI is InChI=1S/3C16H24N2.C16H22O2.2C15H22N2.C15H23N.C13H19N/c3*17-15-7-3-13(4-8-15)14-5-9-16(10-6-14)18-11-1-2-12-18;1-3-18-16(17)15-10-8-14(9-11-15)13-6-4-12(2)5-7-13;2*16-14-6-2-12(3-7-14)13-4-8-15(9-5-13)17-10-1-11-17;1-12-4-6-13(7-5-12)14-8-10-15(11-9-14)16(2)3;1-10-4-6-11(7-5-10)12-8-13(9-12)14(2)3/h3*3-4,7-8,14,16H,1-2,5-6,9-12,17H2;4-7,14-15H,3,8-11H2,1-2H3;2*2-3,6-7,13,15H,1,4-5,8-11,16H2;4-7,14-15H,8-11H2,1-3H3;4-7,12-13H,8-9H2,1-3H3. The van der Waals surface area contributed by atoms with Crippen molar-refractivity contribution in [2.45, 2.75) is 361 Å². The van der Waals surface area contributed by atoms with E-state index >= 15 is 0 Å². The Hall–Kier alpha value is -8.05. The highest BCUT2D eigenvalue weighted by atomic mass is 16.5. The number of rotatable bonds is 17. The van der Waals surface area contributed by atoms with Crippen LogP contribution in [0.15, 0.2) is 194 Å². The van der Waals surface area contributed by atoms with Crippen LogP contribution in [0, 0.1) is 26.7 Å². The Kier molecular flexibility index (Phi) is 40.9. The van der Waals surface area contributed by atoms with Crippen LogP contribution in [0.4, 0.5) is 28.4 Å². The van der Waals surface area contributed by atoms with Crippen LogP contribution in [-0.4, -0.2) is 183 Å². The molecule has 0 spiro atoms. The summed E-state index contributed by atoms with van der Waals surface area (Å²) in [4.78, 5) is 29.9. The number of esters is 1. The molecule has 13 fully saturated rings. The zero-order valence-corrected chi connectivity index (χ0v) is 85.7. The highest BCUT2D eigenvalue weighted by Gasteiger charge is 2.37. The molecule has 13 aliphatic rings. The minimum Gasteiger partial charge on any atom is -0.466 e. The molecule has 0 radical (unpaired) electrons. The molecule has 8 aromatic carbocycles. The Morgan fingerprint density at radius 1 is 0.250 bits per heavy atom. The summed E-state index contributed by atoms with van der Waals surface area (Å²) in [5.74, 6) is 6.21. The second kappa shape index (κ2) is 53.5. The molecular formula is C122H180N12O2. The van der Waals surface area contributed by atoms with Gasteiger partial charge in [0.25, 0.3) is 0 Å². The van der Waals surface area contributed by atoms with E-state index in [4.69, 9.17) is 33.4 Å². The summed E-state index contributed by atoms with van der Waals surface area (Å²) in [5, 5.41) is 0. The number of hydrogen-bond acceptors (Lipinski definition) is 14. The molecule has 5 heterocycles. The van der Waals surface area contributed by atoms with Gasteiger partial charge in [-0.15, -0.1) is 0 Å². The van der Waals surface area contributed by atoms with E-state index in [0.29, 0.717) is 12.5 Å². The smallest absolute Gasteiger partial charge is 0.308 e. The fourth-order valence-electron chi connectivity index (χ4n) is 25.1. The van der Waals surface area contributed by atoms with E-state index in [1.807, 2.05) is 67.6 Å². The topological polar surface area (TPSA) is 179 Å². The lowest BCUT2D eigenvalue weighted by atomic mass is 9.75. The lowest BCUT2D eigenvalue weighted by molar-refractivity contribution is -0.149. The summed E-state index contributed by atoms with van der Waals surface area (Å²) in [6.45, 7) is 22.2. The third-order valence-electron chi connectivity index (χ3n) is 34.6. The number of nitrogen functional groups attached to an aromatic ring is 5. The summed E-state index contributed by atoms with van der Waals surface area (Å²) < 4.78 is 5.10. The SMILES string of the molecule is CCOC(=O)C1CCC(c2ccc(C)cc2)CC1.Cc1ccc(C2CC(N(C)C)C2)cc1.Cc1ccc(C2CCC(N(C)C)CC2)cc1.Nc1ccc(C2CCC(N3CCC3)CC2)cc1.Nc1ccc(C2CCC(N3CCC3)CC2)cc1.Nc1ccc(C2CCC(N3CCCC3)CC2)cc1.Nc1ccc(C2CCC(N3CCCC3)CC2)cc1.Nc1ccc(C2CCC(N3CCCC3)CC2)cc1. The van der Waals surface area contributed by atoms with Crippen LogP contribution in [0.1, 0.15) is 359 Å². The highest BCUT2D eigenvalue weighted by molar-refractivity contribution is 5.72. The van der Waals surface area contributed by atoms with E-state index in [9.17, 15) is 4.79 Å². The quantitative estimate of drug-likeness (QED) is 0.0429. The van der Waals surface area contributed by atoms with Crippen molar-refractivity contribution < 1.29 is 9.53 Å². The second-order valence-corrected chi connectivity index (χ2v) is 44.2. The molecule has 14 nitrogen and oxygen atoms in total. The molecule has 21 rings (SSSR count). The number of aryl methyl sites for hydroxylation is 3. The molecule has 136 heavy (non-hydrogen) atoms. The average Bonchev–Trinajstić information content (AvgIpc) is 1.07. The summed E-state index contributed by atoms with van der Waals surface area (Å²) in [7, 11) is 8.76. The molecule has 0 atom stereocenters. The lowest BCUT2D eigenvalue weighted by Crippen LogP contribution is -2.46. The molecule has 0 bridgehead atoms. The van der Waals surface area contributed by atoms with Crippen molar-refractivity contribution in [2.75, 3.05) is 129 Å². The molecule has 10 N–H and O–H groups in total. The number of ether oxygens (including phenoxy) is 1. The van der Waals surface area contributed by atoms with Gasteiger partial charge in [0.1, 0.15) is 0 Å². The van der Waals surface area contributed by atoms with Gasteiger partial charge in [-0.1, -0.05) is 150 Å². The molecule has 8 aliphatic carbocycles. The van der Waals surface area contributed by atoms with Crippen molar-refractivity contribution in [1.29, 1.82) is 0 Å². The van der Waals surface area contributed by atoms with Gasteiger partial charge in [0.05, 0.1) is 12.5 Å². The van der Waals surface area contributed by atoms with E-state index in [-0.39, 0.29) is 11.9 Å². The summed E-state index contributed by atoms with van der Waals surface area (Å²) >= 11 is 0. The number of hydrogen-bond donors (Lipinski definition) is 5. The molecule has 5 aliphatic heterocycles. The van der Waals surface area contributed by atoms with Gasteiger partial charge in [-0.25, -0.2) is 0 Å². The number of nitrogens with two attached hydrogens (primary N) is 5. The first-order chi connectivity index (χ1) is 66.2. The molecule has 0 unspecified atom stereocenters. The first-order valence-corrected chi connectivity index (χ1v) is 54.8. The van der Waals surface area contributed by atoms with E-state index in [1.54, 1.807) is 5.56 Å². The Balaban J connectivity index is 0.000000125. The number of likely N-dealkylation sites (tertiary alicyclic amines) is 5. The van der Waals surface area contributed by atoms with Crippen molar-refractivity contribution >= 4 is 34.4 Å². The van der Waals surface area contributed by atoms with Gasteiger partial charge < -0.3 is 67.7 Å². The fourth-order valence-corrected chi connectivity index (χ4v) is 25.1. The van der Waals surface area contributed by atoms with Gasteiger partial charge >= 0.3 is 5.97 Å². The van der Waals surface area contributed by atoms with Gasteiger partial charge in [0.15, 0.2) is 0 Å². The van der Waals surface area contributed by atoms with E-state index < -0.39 is 0 Å². The lowest BCUT2D eigenvalue weighted by Gasteiger charge is -2.42. The second-order valence-electron chi connectivity index (χ2n) is 44.2. The monoisotopic (exact) mass is 1850 g/mol. The highest BCUT2D eigenvalue weighted by Crippen LogP contribution is 2.45. The number of anilines is 5. The maximum atomic E-state index is 11.7. The largest absolute Gasteiger partial charge is 0.466 e. The van der Waals surface area contributed by atoms with Crippen LogP contribution in [-0.2, 0) is 9.53 Å². The Labute approximate surface area is 824 Å². The molecule has 8 aromatic rings. The Morgan fingerprint density at radius 3 is 0.625 bits per heavy atom. The Morgan fingerprint density at radius 2 is 0.434 bits per heavy atom. The Bertz CT molecular complexity index is 4370. The number of nitrogens with zero attached hydrogens (tertiary/aromatic N) is 7. The van der Waals surface area contributed by atoms with Gasteiger partial charge in [-0.05, 0) is 518 Å². The van der Waals surface area contributed by atoms with Gasteiger partial charge in [-0.3, -0.25) is 4.79 Å². The number of benzene rings is 8. The molecule has 8 saturated carbocycles. The first kappa shape index (κ1) is 104. The number of carbonyl (C=O) groups excluding carboxylic acids is 1. The van der Waals surface area contributed by atoms with Gasteiger partial charge in [-0.2, -0.15) is 0 Å². The predicted molar refractivity (Wildman–Crippen MR) is 577 cm³/mol. The molecule has 740 valence electrons. The van der Waals surface area contributed by atoms with Gasteiger partial charge in [0.2, 0.25) is 0 Å².